The molecule has 0 fully saturated rings. The van der Waals surface area contributed by atoms with Gasteiger partial charge in [-0.2, -0.15) is 9.97 Å². The monoisotopic (exact) mass is 720 g/mol. The number of fused-ring (bicyclic) bond motifs is 6. The zero-order chi connectivity index (χ0) is 41.4. The first kappa shape index (κ1) is 27.0. The second kappa shape index (κ2) is 13.0. The van der Waals surface area contributed by atoms with Gasteiger partial charge in [-0.15, -0.1) is 0 Å². The van der Waals surface area contributed by atoms with Crippen LogP contribution in [0.3, 0.4) is 0 Å². The average Bonchev–Trinajstić information content (AvgIpc) is 3.82. The highest BCUT2D eigenvalue weighted by molar-refractivity contribution is 6.18. The molecular formula is C51H33N5. The minimum atomic E-state index is -0.430. The quantitative estimate of drug-likeness (QED) is 0.172. The Labute approximate surface area is 330 Å². The molecule has 0 atom stereocenters. The summed E-state index contributed by atoms with van der Waals surface area (Å²) >= 11 is 0. The molecule has 5 heteroatoms. The van der Waals surface area contributed by atoms with Gasteiger partial charge in [-0.05, 0) is 58.6 Å². The Kier molecular flexibility index (Phi) is 6.29. The Morgan fingerprint density at radius 3 is 1.27 bits per heavy atom. The van der Waals surface area contributed by atoms with Gasteiger partial charge in [0.25, 0.3) is 0 Å². The summed E-state index contributed by atoms with van der Waals surface area (Å²) in [6, 6.07) is 55.3. The molecule has 0 aliphatic rings. The zero-order valence-corrected chi connectivity index (χ0v) is 29.9. The normalized spacial score (nSPS) is 12.8. The van der Waals surface area contributed by atoms with Crippen LogP contribution in [0.2, 0.25) is 0 Å². The predicted molar refractivity (Wildman–Crippen MR) is 230 cm³/mol. The lowest BCUT2D eigenvalue weighted by atomic mass is 10.0. The highest BCUT2D eigenvalue weighted by Crippen LogP contribution is 2.39. The molecule has 0 spiro atoms. The van der Waals surface area contributed by atoms with E-state index in [1.165, 1.54) is 0 Å². The van der Waals surface area contributed by atoms with E-state index in [2.05, 4.69) is 71.3 Å². The molecule has 3 aromatic heterocycles. The highest BCUT2D eigenvalue weighted by atomic mass is 15.2. The van der Waals surface area contributed by atoms with Crippen LogP contribution in [0.5, 0.6) is 0 Å². The molecule has 5 nitrogen and oxygen atoms in total. The fraction of sp³-hybridized carbons (Fsp3) is 0. The van der Waals surface area contributed by atoms with Crippen molar-refractivity contribution >= 4 is 43.6 Å². The molecule has 11 rings (SSSR count). The molecule has 0 aliphatic carbocycles. The average molecular weight is 721 g/mol. The first-order valence-electron chi connectivity index (χ1n) is 21.0. The maximum absolute atomic E-state index is 8.95. The smallest absolute Gasteiger partial charge is 0.238 e. The van der Waals surface area contributed by atoms with Crippen LogP contribution in [0, 0.1) is 0 Å². The van der Waals surface area contributed by atoms with E-state index in [-0.39, 0.29) is 29.9 Å². The molecule has 0 unspecified atom stereocenters. The van der Waals surface area contributed by atoms with E-state index in [1.807, 2.05) is 103 Å². The summed E-state index contributed by atoms with van der Waals surface area (Å²) in [5.74, 6) is 1.49. The number of hydrogen-bond acceptors (Lipinski definition) is 3. The standard InChI is InChI=1S/C51H33N5/c1-4-14-34(15-5-1)36-24-28-38(29-25-36)49-52-50(39-30-26-37(27-31-39)35-16-6-2-7-17-35)54-51(53-49)56-46-23-13-11-21-42(46)44-32-47-43(33-48(44)56)41-20-10-12-22-45(41)55(47)40-18-8-3-9-19-40/h1-33H/i3D,8D,9D,18D,19D. The second-order valence-electron chi connectivity index (χ2n) is 13.7. The number of hydrogen-bond donors (Lipinski definition) is 0. The lowest BCUT2D eigenvalue weighted by Gasteiger charge is -2.12. The zero-order valence-electron chi connectivity index (χ0n) is 34.9. The van der Waals surface area contributed by atoms with Crippen LogP contribution in [0.4, 0.5) is 0 Å². The molecular weight excluding hydrogens is 683 g/mol. The molecule has 0 bridgehead atoms. The Hall–Kier alpha value is -7.63. The van der Waals surface area contributed by atoms with Crippen LogP contribution < -0.4 is 0 Å². The summed E-state index contributed by atoms with van der Waals surface area (Å²) in [6.45, 7) is 0. The Morgan fingerprint density at radius 2 is 0.750 bits per heavy atom. The van der Waals surface area contributed by atoms with Crippen molar-refractivity contribution in [3.63, 3.8) is 0 Å². The molecule has 0 saturated heterocycles. The molecule has 262 valence electrons. The number of aromatic nitrogens is 5. The van der Waals surface area contributed by atoms with Gasteiger partial charge in [0.15, 0.2) is 11.6 Å². The summed E-state index contributed by atoms with van der Waals surface area (Å²) in [6.07, 6.45) is 0. The molecule has 0 N–H and O–H groups in total. The van der Waals surface area contributed by atoms with Crippen molar-refractivity contribution in [2.45, 2.75) is 0 Å². The first-order valence-corrected chi connectivity index (χ1v) is 18.5. The van der Waals surface area contributed by atoms with Gasteiger partial charge in [0.2, 0.25) is 5.95 Å². The fourth-order valence-electron chi connectivity index (χ4n) is 7.85. The number of para-hydroxylation sites is 3. The van der Waals surface area contributed by atoms with Crippen molar-refractivity contribution in [2.75, 3.05) is 0 Å². The summed E-state index contributed by atoms with van der Waals surface area (Å²) in [5.41, 5.74) is 9.36. The van der Waals surface area contributed by atoms with Crippen molar-refractivity contribution in [1.82, 2.24) is 24.1 Å². The van der Waals surface area contributed by atoms with Crippen LogP contribution >= 0.6 is 0 Å². The summed E-state index contributed by atoms with van der Waals surface area (Å²) < 4.78 is 47.1. The lowest BCUT2D eigenvalue weighted by Crippen LogP contribution is -2.06. The predicted octanol–water partition coefficient (Wildman–Crippen LogP) is 12.7. The maximum atomic E-state index is 8.95. The van der Waals surface area contributed by atoms with Crippen LogP contribution in [0.15, 0.2) is 200 Å². The maximum Gasteiger partial charge on any atom is 0.238 e. The Morgan fingerprint density at radius 1 is 0.339 bits per heavy atom. The number of benzene rings is 8. The van der Waals surface area contributed by atoms with Gasteiger partial charge in [0.05, 0.1) is 28.9 Å². The van der Waals surface area contributed by atoms with Crippen molar-refractivity contribution in [2.24, 2.45) is 0 Å². The van der Waals surface area contributed by atoms with Crippen LogP contribution in [-0.2, 0) is 0 Å². The topological polar surface area (TPSA) is 48.5 Å². The number of rotatable bonds is 6. The third kappa shape index (κ3) is 5.29. The SMILES string of the molecule is [2H]c1c([2H])c([2H])c(-n2c3ccccc3c3cc4c(cc32)c2ccccc2n4-c2nc(-c3ccc(-c4ccccc4)cc3)nc(-c3ccc(-c4ccccc4)cc3)n2)c([2H])c1[2H]. The Balaban J connectivity index is 1.17. The van der Waals surface area contributed by atoms with E-state index in [4.69, 9.17) is 21.8 Å². The molecule has 56 heavy (non-hydrogen) atoms. The molecule has 0 aliphatic heterocycles. The van der Waals surface area contributed by atoms with Gasteiger partial charge in [-0.3, -0.25) is 4.57 Å². The molecule has 11 aromatic rings. The van der Waals surface area contributed by atoms with Crippen molar-refractivity contribution in [3.8, 4) is 56.7 Å². The van der Waals surface area contributed by atoms with Gasteiger partial charge in [0, 0.05) is 38.4 Å². The molecule has 3 heterocycles. The molecule has 0 amide bonds. The van der Waals surface area contributed by atoms with Gasteiger partial charge in [-0.25, -0.2) is 4.98 Å². The largest absolute Gasteiger partial charge is 0.309 e. The van der Waals surface area contributed by atoms with Gasteiger partial charge in [-0.1, -0.05) is 164 Å². The van der Waals surface area contributed by atoms with Gasteiger partial charge < -0.3 is 4.57 Å². The van der Waals surface area contributed by atoms with Crippen molar-refractivity contribution < 1.29 is 6.85 Å². The minimum absolute atomic E-state index is 0.101. The summed E-state index contributed by atoms with van der Waals surface area (Å²) in [5, 5.41) is 3.56. The summed E-state index contributed by atoms with van der Waals surface area (Å²) in [4.78, 5) is 15.5. The second-order valence-corrected chi connectivity index (χ2v) is 13.7. The van der Waals surface area contributed by atoms with E-state index >= 15 is 0 Å². The minimum Gasteiger partial charge on any atom is -0.309 e. The lowest BCUT2D eigenvalue weighted by molar-refractivity contribution is 0.954. The summed E-state index contributed by atoms with van der Waals surface area (Å²) in [7, 11) is 0. The Bertz CT molecular complexity index is 3380. The van der Waals surface area contributed by atoms with Crippen molar-refractivity contribution in [1.29, 1.82) is 0 Å². The van der Waals surface area contributed by atoms with Crippen molar-refractivity contribution in [3.05, 3.63) is 200 Å². The van der Waals surface area contributed by atoms with E-state index in [9.17, 15) is 0 Å². The van der Waals surface area contributed by atoms with Gasteiger partial charge in [0.1, 0.15) is 0 Å². The third-order valence-corrected chi connectivity index (χ3v) is 10.5. The van der Waals surface area contributed by atoms with E-state index in [0.717, 1.165) is 71.5 Å². The molecule has 0 radical (unpaired) electrons. The van der Waals surface area contributed by atoms with Crippen LogP contribution in [0.25, 0.3) is 100 Å². The van der Waals surface area contributed by atoms with Crippen LogP contribution in [0.1, 0.15) is 6.85 Å². The highest BCUT2D eigenvalue weighted by Gasteiger charge is 2.21. The van der Waals surface area contributed by atoms with E-state index in [0.29, 0.717) is 23.1 Å². The van der Waals surface area contributed by atoms with E-state index < -0.39 is 6.04 Å². The van der Waals surface area contributed by atoms with E-state index in [1.54, 1.807) is 4.57 Å². The third-order valence-electron chi connectivity index (χ3n) is 10.5. The van der Waals surface area contributed by atoms with Gasteiger partial charge >= 0.3 is 0 Å². The van der Waals surface area contributed by atoms with Crippen LogP contribution in [-0.4, -0.2) is 24.1 Å². The molecule has 8 aromatic carbocycles. The fourth-order valence-corrected chi connectivity index (χ4v) is 7.85. The number of nitrogens with zero attached hydrogens (tertiary/aromatic N) is 5. The molecule has 0 saturated carbocycles. The first-order chi connectivity index (χ1) is 29.8.